The van der Waals surface area contributed by atoms with E-state index in [9.17, 15) is 4.79 Å². The first kappa shape index (κ1) is 22.9. The summed E-state index contributed by atoms with van der Waals surface area (Å²) >= 11 is 1.37. The summed E-state index contributed by atoms with van der Waals surface area (Å²) in [4.78, 5) is 20.5. The third-order valence-corrected chi connectivity index (χ3v) is 7.06. The number of hydrogen-bond donors (Lipinski definition) is 0. The van der Waals surface area contributed by atoms with E-state index >= 15 is 0 Å². The lowest BCUT2D eigenvalue weighted by Crippen LogP contribution is -2.42. The molecule has 2 saturated heterocycles. The lowest BCUT2D eigenvalue weighted by Gasteiger charge is -2.33. The molecule has 3 aliphatic rings. The van der Waals surface area contributed by atoms with Gasteiger partial charge in [-0.05, 0) is 65.2 Å². The van der Waals surface area contributed by atoms with Gasteiger partial charge in [-0.3, -0.25) is 4.99 Å². The van der Waals surface area contributed by atoms with E-state index in [2.05, 4.69) is 35.2 Å². The minimum Gasteiger partial charge on any atom is -0.377 e. The molecule has 0 unspecified atom stereocenters. The summed E-state index contributed by atoms with van der Waals surface area (Å²) in [6.45, 7) is 18.0. The highest BCUT2D eigenvalue weighted by atomic mass is 32.2. The number of ether oxygens (including phenoxy) is 1. The highest BCUT2D eigenvalue weighted by Gasteiger charge is 2.37. The second-order valence-electron chi connectivity index (χ2n) is 8.75. The second kappa shape index (κ2) is 9.57. The van der Waals surface area contributed by atoms with Crippen molar-refractivity contribution in [2.45, 2.75) is 65.2 Å². The molecule has 0 radical (unpaired) electrons. The largest absolute Gasteiger partial charge is 0.377 e. The van der Waals surface area contributed by atoms with E-state index in [4.69, 9.17) is 4.74 Å². The van der Waals surface area contributed by atoms with Gasteiger partial charge in [-0.2, -0.15) is 0 Å². The molecule has 6 heteroatoms. The second-order valence-corrected chi connectivity index (χ2v) is 9.83. The molecule has 0 saturated carbocycles. The van der Waals surface area contributed by atoms with Crippen LogP contribution < -0.4 is 0 Å². The van der Waals surface area contributed by atoms with E-state index in [0.29, 0.717) is 11.5 Å². The number of fused-ring (bicyclic) bond motifs is 1. The molecule has 2 aliphatic heterocycles. The molecule has 0 spiro atoms. The maximum Gasteiger partial charge on any atom is 0.235 e. The molecule has 1 aliphatic carbocycles. The standard InChI is InChI=1S/C24H33BN2O2S/c1-7-26-23(30-19(4)22(28)25-13-15-29-24(5,6)16-25)17(2)18(3)27-14-12-20-10-8-9-11-21(20)27/h7,10-11H,3-4,8-9,12-16H2,1-2,5-6H3/b23-17+,26-7?. The van der Waals surface area contributed by atoms with Gasteiger partial charge in [-0.1, -0.05) is 37.1 Å². The number of nitrogens with zero attached hydrogens (tertiary/aromatic N) is 2. The van der Waals surface area contributed by atoms with Crippen molar-refractivity contribution in [1.29, 1.82) is 0 Å². The van der Waals surface area contributed by atoms with Gasteiger partial charge < -0.3 is 14.4 Å². The lowest BCUT2D eigenvalue weighted by atomic mass is 9.39. The Bertz CT molecular complexity index is 866. The summed E-state index contributed by atoms with van der Waals surface area (Å²) in [6.07, 6.45) is 11.2. The maximum absolute atomic E-state index is 13.1. The van der Waals surface area contributed by atoms with Crippen LogP contribution in [0.4, 0.5) is 0 Å². The van der Waals surface area contributed by atoms with Gasteiger partial charge in [-0.15, -0.1) is 0 Å². The van der Waals surface area contributed by atoms with Crippen molar-refractivity contribution in [1.82, 2.24) is 4.90 Å². The Labute approximate surface area is 186 Å². The fourth-order valence-electron chi connectivity index (χ4n) is 4.35. The van der Waals surface area contributed by atoms with Crippen LogP contribution in [0.15, 0.2) is 62.8 Å². The molecule has 0 aromatic rings. The fraction of sp³-hybridized carbons (Fsp3) is 0.500. The van der Waals surface area contributed by atoms with Crippen LogP contribution in [0.3, 0.4) is 0 Å². The van der Waals surface area contributed by atoms with Crippen molar-refractivity contribution in [2.24, 2.45) is 4.99 Å². The van der Waals surface area contributed by atoms with Crippen LogP contribution in [-0.2, 0) is 9.53 Å². The number of carbonyl (C=O) groups is 1. The third kappa shape index (κ3) is 5.09. The van der Waals surface area contributed by atoms with Crippen LogP contribution in [0.2, 0.25) is 12.6 Å². The lowest BCUT2D eigenvalue weighted by molar-refractivity contribution is -0.109. The van der Waals surface area contributed by atoms with Gasteiger partial charge >= 0.3 is 0 Å². The van der Waals surface area contributed by atoms with Crippen LogP contribution in [0.25, 0.3) is 0 Å². The van der Waals surface area contributed by atoms with Crippen LogP contribution in [0, 0.1) is 0 Å². The zero-order valence-electron chi connectivity index (χ0n) is 18.8. The smallest absolute Gasteiger partial charge is 0.235 e. The van der Waals surface area contributed by atoms with Crippen LogP contribution in [0.1, 0.15) is 47.0 Å². The average molecular weight is 424 g/mol. The van der Waals surface area contributed by atoms with Gasteiger partial charge in [-0.25, -0.2) is 0 Å². The molecular formula is C24H33BN2O2S. The van der Waals surface area contributed by atoms with Gasteiger partial charge in [0.25, 0.3) is 0 Å². The highest BCUT2D eigenvalue weighted by Crippen LogP contribution is 2.39. The van der Waals surface area contributed by atoms with Gasteiger partial charge in [0.05, 0.1) is 5.60 Å². The number of hydrogen-bond acceptors (Lipinski definition) is 5. The summed E-state index contributed by atoms with van der Waals surface area (Å²) in [6, 6.07) is 0. The summed E-state index contributed by atoms with van der Waals surface area (Å²) in [7, 11) is 0. The number of allylic oxidation sites excluding steroid dienone is 5. The Morgan fingerprint density at radius 1 is 1.33 bits per heavy atom. The first-order chi connectivity index (χ1) is 14.2. The summed E-state index contributed by atoms with van der Waals surface area (Å²) in [5.41, 5.74) is 4.50. The molecule has 0 atom stereocenters. The average Bonchev–Trinajstić information content (AvgIpc) is 3.15. The molecule has 30 heavy (non-hydrogen) atoms. The van der Waals surface area contributed by atoms with E-state index in [1.807, 2.05) is 27.7 Å². The van der Waals surface area contributed by atoms with Gasteiger partial charge in [0.2, 0.25) is 6.71 Å². The van der Waals surface area contributed by atoms with Crippen molar-refractivity contribution in [3.05, 3.63) is 57.8 Å². The molecular weight excluding hydrogens is 391 g/mol. The Morgan fingerprint density at radius 2 is 2.07 bits per heavy atom. The van der Waals surface area contributed by atoms with Crippen molar-refractivity contribution < 1.29 is 9.53 Å². The highest BCUT2D eigenvalue weighted by molar-refractivity contribution is 8.07. The molecule has 2 heterocycles. The Hall–Kier alpha value is -1.79. The molecule has 4 nitrogen and oxygen atoms in total. The molecule has 2 fully saturated rings. The van der Waals surface area contributed by atoms with Crippen molar-refractivity contribution in [2.75, 3.05) is 13.2 Å². The predicted molar refractivity (Wildman–Crippen MR) is 130 cm³/mol. The monoisotopic (exact) mass is 424 g/mol. The van der Waals surface area contributed by atoms with Gasteiger partial charge in [0.15, 0.2) is 0 Å². The number of thioether (sulfide) groups is 1. The predicted octanol–water partition coefficient (Wildman–Crippen LogP) is 5.79. The first-order valence-electron chi connectivity index (χ1n) is 10.8. The van der Waals surface area contributed by atoms with Crippen LogP contribution in [0.5, 0.6) is 0 Å². The topological polar surface area (TPSA) is 41.9 Å². The molecule has 0 N–H and O–H groups in total. The number of rotatable bonds is 7. The van der Waals surface area contributed by atoms with E-state index in [1.165, 1.54) is 23.0 Å². The third-order valence-electron chi connectivity index (χ3n) is 6.01. The molecule has 0 aromatic heterocycles. The summed E-state index contributed by atoms with van der Waals surface area (Å²) < 4.78 is 5.77. The zero-order chi connectivity index (χ0) is 21.9. The molecule has 0 bridgehead atoms. The van der Waals surface area contributed by atoms with Crippen molar-refractivity contribution in [3.8, 4) is 0 Å². The van der Waals surface area contributed by atoms with E-state index in [1.54, 1.807) is 6.21 Å². The van der Waals surface area contributed by atoms with Crippen LogP contribution >= 0.6 is 11.8 Å². The van der Waals surface area contributed by atoms with Crippen molar-refractivity contribution >= 4 is 30.4 Å². The zero-order valence-corrected chi connectivity index (χ0v) is 19.6. The SMILES string of the molecule is C=C(S/C(N=CC)=C(\C)C(=C)N1CCC2=CCCC=C21)C(=O)B1CCOC(C)(C)C1. The fourth-order valence-corrected chi connectivity index (χ4v) is 5.28. The normalized spacial score (nSPS) is 21.7. The van der Waals surface area contributed by atoms with Crippen LogP contribution in [-0.4, -0.2) is 42.3 Å². The number of aliphatic imine (C=N–C) groups is 1. The van der Waals surface area contributed by atoms with E-state index in [-0.39, 0.29) is 18.0 Å². The van der Waals surface area contributed by atoms with E-state index < -0.39 is 0 Å². The summed E-state index contributed by atoms with van der Waals surface area (Å²) in [5, 5.41) is 0.793. The molecule has 0 amide bonds. The Kier molecular flexibility index (Phi) is 7.30. The van der Waals surface area contributed by atoms with Gasteiger partial charge in [0.1, 0.15) is 10.7 Å². The first-order valence-corrected chi connectivity index (χ1v) is 11.7. The Balaban J connectivity index is 1.75. The summed E-state index contributed by atoms with van der Waals surface area (Å²) in [5.74, 6) is 0. The maximum atomic E-state index is 13.1. The number of likely N-dealkylation sites (tertiary alicyclic amines) is 1. The molecule has 0 aromatic carbocycles. The quantitative estimate of drug-likeness (QED) is 0.225. The molecule has 160 valence electrons. The number of carbonyl (C=O) groups excluding carboxylic acids is 1. The van der Waals surface area contributed by atoms with E-state index in [0.717, 1.165) is 54.7 Å². The minimum atomic E-state index is -0.261. The minimum absolute atomic E-state index is 0.0391. The van der Waals surface area contributed by atoms with Crippen molar-refractivity contribution in [3.63, 3.8) is 0 Å². The molecule has 3 rings (SSSR count). The Morgan fingerprint density at radius 3 is 2.77 bits per heavy atom. The van der Waals surface area contributed by atoms with Gasteiger partial charge in [0, 0.05) is 41.2 Å².